The molecule has 0 radical (unpaired) electrons. The van der Waals surface area contributed by atoms with Gasteiger partial charge in [-0.15, -0.1) is 0 Å². The van der Waals surface area contributed by atoms with E-state index < -0.39 is 0 Å². The van der Waals surface area contributed by atoms with Gasteiger partial charge in [0.05, 0.1) is 22.8 Å². The van der Waals surface area contributed by atoms with Gasteiger partial charge in [-0.3, -0.25) is 9.88 Å². The molecule has 0 aliphatic carbocycles. The fraction of sp³-hybridized carbons (Fsp3) is 0.350. The van der Waals surface area contributed by atoms with Gasteiger partial charge in [0.1, 0.15) is 11.0 Å². The van der Waals surface area contributed by atoms with Crippen LogP contribution in [0, 0.1) is 0 Å². The molecule has 1 unspecified atom stereocenters. The van der Waals surface area contributed by atoms with E-state index in [0.717, 1.165) is 36.2 Å². The van der Waals surface area contributed by atoms with Crippen molar-refractivity contribution in [1.29, 1.82) is 0 Å². The average molecular weight is 363 g/mol. The van der Waals surface area contributed by atoms with Gasteiger partial charge in [0, 0.05) is 37.9 Å². The van der Waals surface area contributed by atoms with Crippen LogP contribution in [0.2, 0.25) is 0 Å². The first kappa shape index (κ1) is 15.9. The van der Waals surface area contributed by atoms with Crippen LogP contribution >= 0.6 is 11.7 Å². The van der Waals surface area contributed by atoms with Crippen LogP contribution in [-0.2, 0) is 13.6 Å². The van der Waals surface area contributed by atoms with Crippen LogP contribution < -0.4 is 0 Å². The summed E-state index contributed by atoms with van der Waals surface area (Å²) in [4.78, 5) is 7.09. The summed E-state index contributed by atoms with van der Waals surface area (Å²) in [5, 5.41) is 0. The fourth-order valence-electron chi connectivity index (χ4n) is 4.20. The van der Waals surface area contributed by atoms with Crippen molar-refractivity contribution in [3.63, 3.8) is 0 Å². The van der Waals surface area contributed by atoms with Gasteiger partial charge in [0.2, 0.25) is 0 Å². The predicted octanol–water partition coefficient (Wildman–Crippen LogP) is 3.96. The Hall–Kier alpha value is -2.31. The van der Waals surface area contributed by atoms with Crippen molar-refractivity contribution < 1.29 is 0 Å². The molecule has 3 aromatic heterocycles. The molecule has 26 heavy (non-hydrogen) atoms. The molecular weight excluding hydrogens is 342 g/mol. The number of hydrogen-bond donors (Lipinski definition) is 0. The van der Waals surface area contributed by atoms with Crippen LogP contribution in [0.15, 0.2) is 42.6 Å². The highest BCUT2D eigenvalue weighted by Crippen LogP contribution is 2.31. The lowest BCUT2D eigenvalue weighted by molar-refractivity contribution is 0.197. The third-order valence-corrected chi connectivity index (χ3v) is 6.05. The summed E-state index contributed by atoms with van der Waals surface area (Å²) in [6.07, 6.45) is 4.36. The Morgan fingerprint density at radius 3 is 2.96 bits per heavy atom. The molecule has 0 N–H and O–H groups in total. The van der Waals surface area contributed by atoms with Gasteiger partial charge in [0.25, 0.3) is 0 Å². The van der Waals surface area contributed by atoms with Crippen LogP contribution in [0.1, 0.15) is 30.0 Å². The number of piperidine rings is 1. The standard InChI is InChI=1S/C20H21N5S/c1-24-19-5-2-8-21-18(19)11-20(24)15-4-3-9-25(13-15)12-14-6-7-16-17(10-14)23-26-22-16/h2,5-8,10-11,15H,3-4,9,12-13H2,1H3. The van der Waals surface area contributed by atoms with Crippen LogP contribution in [0.5, 0.6) is 0 Å². The monoisotopic (exact) mass is 363 g/mol. The molecule has 5 rings (SSSR count). The normalized spacial score (nSPS) is 18.7. The number of likely N-dealkylation sites (tertiary alicyclic amines) is 1. The highest BCUT2D eigenvalue weighted by atomic mass is 32.1. The molecule has 1 atom stereocenters. The summed E-state index contributed by atoms with van der Waals surface area (Å²) in [6, 6.07) is 12.9. The highest BCUT2D eigenvalue weighted by Gasteiger charge is 2.24. The van der Waals surface area contributed by atoms with Crippen LogP contribution in [0.25, 0.3) is 22.1 Å². The molecule has 1 saturated heterocycles. The van der Waals surface area contributed by atoms with Crippen molar-refractivity contribution in [1.82, 2.24) is 23.2 Å². The smallest absolute Gasteiger partial charge is 0.105 e. The zero-order valence-corrected chi connectivity index (χ0v) is 15.6. The van der Waals surface area contributed by atoms with Crippen LogP contribution in [0.4, 0.5) is 0 Å². The lowest BCUT2D eigenvalue weighted by Gasteiger charge is -2.33. The molecule has 4 aromatic rings. The van der Waals surface area contributed by atoms with Gasteiger partial charge < -0.3 is 4.57 Å². The molecule has 6 heteroatoms. The molecule has 1 aliphatic heterocycles. The third-order valence-electron chi connectivity index (χ3n) is 5.50. The van der Waals surface area contributed by atoms with E-state index in [4.69, 9.17) is 0 Å². The van der Waals surface area contributed by atoms with Gasteiger partial charge >= 0.3 is 0 Å². The van der Waals surface area contributed by atoms with E-state index in [1.54, 1.807) is 0 Å². The Kier molecular flexibility index (Phi) is 3.94. The highest BCUT2D eigenvalue weighted by molar-refractivity contribution is 7.00. The minimum Gasteiger partial charge on any atom is -0.346 e. The Labute approximate surface area is 156 Å². The maximum absolute atomic E-state index is 4.52. The minimum atomic E-state index is 0.563. The van der Waals surface area contributed by atoms with E-state index in [1.807, 2.05) is 12.3 Å². The van der Waals surface area contributed by atoms with Crippen molar-refractivity contribution in [3.05, 3.63) is 53.9 Å². The van der Waals surface area contributed by atoms with Crippen molar-refractivity contribution in [2.75, 3.05) is 13.1 Å². The van der Waals surface area contributed by atoms with E-state index in [2.05, 4.69) is 60.6 Å². The van der Waals surface area contributed by atoms with Gasteiger partial charge in [0.15, 0.2) is 0 Å². The topological polar surface area (TPSA) is 46.8 Å². The quantitative estimate of drug-likeness (QED) is 0.553. The molecular formula is C20H21N5S. The second-order valence-corrected chi connectivity index (χ2v) is 7.73. The van der Waals surface area contributed by atoms with Crippen molar-refractivity contribution in [2.45, 2.75) is 25.3 Å². The second-order valence-electron chi connectivity index (χ2n) is 7.20. The zero-order chi connectivity index (χ0) is 17.5. The molecule has 1 aromatic carbocycles. The van der Waals surface area contributed by atoms with E-state index in [-0.39, 0.29) is 0 Å². The lowest BCUT2D eigenvalue weighted by Crippen LogP contribution is -2.34. The number of nitrogens with zero attached hydrogens (tertiary/aromatic N) is 5. The molecule has 0 bridgehead atoms. The molecule has 0 amide bonds. The average Bonchev–Trinajstić information content (AvgIpc) is 3.26. The Morgan fingerprint density at radius 1 is 1.12 bits per heavy atom. The maximum atomic E-state index is 4.52. The maximum Gasteiger partial charge on any atom is 0.105 e. The predicted molar refractivity (Wildman–Crippen MR) is 105 cm³/mol. The van der Waals surface area contributed by atoms with Crippen molar-refractivity contribution >= 4 is 33.8 Å². The van der Waals surface area contributed by atoms with Gasteiger partial charge in [-0.25, -0.2) is 0 Å². The van der Waals surface area contributed by atoms with E-state index in [1.165, 1.54) is 41.3 Å². The summed E-state index contributed by atoms with van der Waals surface area (Å²) in [5.74, 6) is 0.563. The molecule has 132 valence electrons. The summed E-state index contributed by atoms with van der Waals surface area (Å²) in [5.41, 5.74) is 7.07. The summed E-state index contributed by atoms with van der Waals surface area (Å²) in [6.45, 7) is 3.23. The fourth-order valence-corrected chi connectivity index (χ4v) is 4.71. The first-order chi connectivity index (χ1) is 12.8. The molecule has 1 aliphatic rings. The number of rotatable bonds is 3. The zero-order valence-electron chi connectivity index (χ0n) is 14.8. The second kappa shape index (κ2) is 6.45. The van der Waals surface area contributed by atoms with Gasteiger partial charge in [-0.1, -0.05) is 6.07 Å². The Balaban J connectivity index is 1.37. The first-order valence-electron chi connectivity index (χ1n) is 9.12. The summed E-state index contributed by atoms with van der Waals surface area (Å²) < 4.78 is 11.0. The van der Waals surface area contributed by atoms with E-state index >= 15 is 0 Å². The Morgan fingerprint density at radius 2 is 2.04 bits per heavy atom. The number of aryl methyl sites for hydroxylation is 1. The number of pyridine rings is 1. The minimum absolute atomic E-state index is 0.563. The van der Waals surface area contributed by atoms with Crippen molar-refractivity contribution in [2.24, 2.45) is 7.05 Å². The van der Waals surface area contributed by atoms with Gasteiger partial charge in [-0.05, 0) is 55.3 Å². The summed E-state index contributed by atoms with van der Waals surface area (Å²) >= 11 is 1.29. The molecule has 5 nitrogen and oxygen atoms in total. The molecule has 0 spiro atoms. The number of benzene rings is 1. The molecule has 1 fully saturated rings. The molecule has 0 saturated carbocycles. The first-order valence-corrected chi connectivity index (χ1v) is 9.85. The SMILES string of the molecule is Cn1c(C2CCCN(Cc3ccc4nsnc4c3)C2)cc2ncccc21. The molecule has 4 heterocycles. The largest absolute Gasteiger partial charge is 0.346 e. The Bertz CT molecular complexity index is 1070. The van der Waals surface area contributed by atoms with E-state index in [9.17, 15) is 0 Å². The number of fused-ring (bicyclic) bond motifs is 2. The van der Waals surface area contributed by atoms with Crippen molar-refractivity contribution in [3.8, 4) is 0 Å². The van der Waals surface area contributed by atoms with Crippen LogP contribution in [0.3, 0.4) is 0 Å². The van der Waals surface area contributed by atoms with Crippen LogP contribution in [-0.4, -0.2) is 36.3 Å². The van der Waals surface area contributed by atoms with E-state index in [0.29, 0.717) is 5.92 Å². The third kappa shape index (κ3) is 2.79. The number of hydrogen-bond acceptors (Lipinski definition) is 5. The van der Waals surface area contributed by atoms with Gasteiger partial charge in [-0.2, -0.15) is 8.75 Å². The summed E-state index contributed by atoms with van der Waals surface area (Å²) in [7, 11) is 2.17. The lowest BCUT2D eigenvalue weighted by atomic mass is 9.94. The number of aromatic nitrogens is 4.